The largest absolute Gasteiger partial charge is 0.495 e. The fourth-order valence-electron chi connectivity index (χ4n) is 3.04. The number of aliphatic hydroxyl groups excluding tert-OH is 1. The Labute approximate surface area is 149 Å². The van der Waals surface area contributed by atoms with Gasteiger partial charge in [0.25, 0.3) is 5.91 Å². The summed E-state index contributed by atoms with van der Waals surface area (Å²) in [6.07, 6.45) is 0.872. The van der Waals surface area contributed by atoms with Gasteiger partial charge in [-0.3, -0.25) is 4.79 Å². The summed E-state index contributed by atoms with van der Waals surface area (Å²) < 4.78 is 32.2. The SMILES string of the molecule is CCN(CC)S(=O)(=O)c1cc(C(=O)N2CCCC(O)C2)ccc1OC. The molecule has 0 bridgehead atoms. The summed E-state index contributed by atoms with van der Waals surface area (Å²) in [5.74, 6) is -0.0699. The average Bonchev–Trinajstić information content (AvgIpc) is 2.61. The van der Waals surface area contributed by atoms with Crippen molar-refractivity contribution in [3.05, 3.63) is 23.8 Å². The second-order valence-electron chi connectivity index (χ2n) is 6.00. The maximum Gasteiger partial charge on any atom is 0.253 e. The molecule has 1 unspecified atom stereocenters. The fraction of sp³-hybridized carbons (Fsp3) is 0.588. The third kappa shape index (κ3) is 4.13. The van der Waals surface area contributed by atoms with Crippen molar-refractivity contribution in [3.63, 3.8) is 0 Å². The quantitative estimate of drug-likeness (QED) is 0.816. The topological polar surface area (TPSA) is 87.2 Å². The van der Waals surface area contributed by atoms with Crippen molar-refractivity contribution in [2.45, 2.75) is 37.7 Å². The van der Waals surface area contributed by atoms with Crippen LogP contribution < -0.4 is 4.74 Å². The Morgan fingerprint density at radius 1 is 1.36 bits per heavy atom. The highest BCUT2D eigenvalue weighted by atomic mass is 32.2. The predicted molar refractivity (Wildman–Crippen MR) is 94.2 cm³/mol. The number of carbonyl (C=O) groups excluding carboxylic acids is 1. The molecule has 0 spiro atoms. The summed E-state index contributed by atoms with van der Waals surface area (Å²) in [5, 5.41) is 9.76. The van der Waals surface area contributed by atoms with Crippen LogP contribution in [0.1, 0.15) is 37.0 Å². The van der Waals surface area contributed by atoms with Crippen LogP contribution in [-0.2, 0) is 10.0 Å². The number of aliphatic hydroxyl groups is 1. The normalized spacial score (nSPS) is 18.4. The minimum atomic E-state index is -3.75. The standard InChI is InChI=1S/C17H26N2O5S/c1-4-19(5-2)25(22,23)16-11-13(8-9-15(16)24-3)17(21)18-10-6-7-14(20)12-18/h8-9,11,14,20H,4-7,10,12H2,1-3H3. The number of benzene rings is 1. The molecular formula is C17H26N2O5S. The lowest BCUT2D eigenvalue weighted by molar-refractivity contribution is 0.0473. The number of likely N-dealkylation sites (tertiary alicyclic amines) is 1. The first kappa shape index (κ1) is 19.7. The highest BCUT2D eigenvalue weighted by Gasteiger charge is 2.29. The first-order valence-corrected chi connectivity index (χ1v) is 9.94. The molecule has 1 fully saturated rings. The van der Waals surface area contributed by atoms with Crippen LogP contribution in [0, 0.1) is 0 Å². The molecule has 7 nitrogen and oxygen atoms in total. The Bertz CT molecular complexity index is 716. The molecule has 1 aromatic rings. The van der Waals surface area contributed by atoms with E-state index >= 15 is 0 Å². The van der Waals surface area contributed by atoms with E-state index in [1.165, 1.54) is 23.5 Å². The molecule has 1 saturated heterocycles. The zero-order valence-electron chi connectivity index (χ0n) is 14.9. The first-order valence-electron chi connectivity index (χ1n) is 8.50. The van der Waals surface area contributed by atoms with Gasteiger partial charge in [0.15, 0.2) is 0 Å². The zero-order chi connectivity index (χ0) is 18.6. The molecule has 2 rings (SSSR count). The Morgan fingerprint density at radius 3 is 2.60 bits per heavy atom. The van der Waals surface area contributed by atoms with Gasteiger partial charge in [-0.15, -0.1) is 0 Å². The molecule has 8 heteroatoms. The van der Waals surface area contributed by atoms with Gasteiger partial charge < -0.3 is 14.7 Å². The van der Waals surface area contributed by atoms with E-state index in [9.17, 15) is 18.3 Å². The summed E-state index contributed by atoms with van der Waals surface area (Å²) >= 11 is 0. The van der Waals surface area contributed by atoms with E-state index in [1.807, 2.05) is 0 Å². The number of hydrogen-bond acceptors (Lipinski definition) is 5. The summed E-state index contributed by atoms with van der Waals surface area (Å²) in [6.45, 7) is 5.01. The van der Waals surface area contributed by atoms with Crippen LogP contribution in [0.25, 0.3) is 0 Å². The third-order valence-corrected chi connectivity index (χ3v) is 6.49. The average molecular weight is 370 g/mol. The van der Waals surface area contributed by atoms with Crippen molar-refractivity contribution < 1.29 is 23.1 Å². The van der Waals surface area contributed by atoms with Gasteiger partial charge in [0.2, 0.25) is 10.0 Å². The number of amides is 1. The van der Waals surface area contributed by atoms with Gasteiger partial charge in [-0.25, -0.2) is 8.42 Å². The Hall–Kier alpha value is -1.64. The van der Waals surface area contributed by atoms with Crippen LogP contribution in [-0.4, -0.2) is 68.0 Å². The molecule has 0 aromatic heterocycles. The highest BCUT2D eigenvalue weighted by molar-refractivity contribution is 7.89. The maximum atomic E-state index is 12.9. The number of rotatable bonds is 6. The van der Waals surface area contributed by atoms with E-state index < -0.39 is 16.1 Å². The maximum absolute atomic E-state index is 12.9. The summed E-state index contributed by atoms with van der Waals surface area (Å²) in [5.41, 5.74) is 0.278. The smallest absolute Gasteiger partial charge is 0.253 e. The molecule has 0 saturated carbocycles. The third-order valence-electron chi connectivity index (χ3n) is 4.42. The Morgan fingerprint density at radius 2 is 2.04 bits per heavy atom. The number of sulfonamides is 1. The summed E-state index contributed by atoms with van der Waals surface area (Å²) in [7, 11) is -2.35. The number of ether oxygens (including phenoxy) is 1. The molecule has 1 heterocycles. The Kier molecular flexibility index (Phi) is 6.42. The van der Waals surface area contributed by atoms with Crippen molar-refractivity contribution in [2.75, 3.05) is 33.3 Å². The van der Waals surface area contributed by atoms with E-state index in [0.29, 0.717) is 26.1 Å². The second kappa shape index (κ2) is 8.16. The van der Waals surface area contributed by atoms with Gasteiger partial charge in [-0.2, -0.15) is 4.31 Å². The van der Waals surface area contributed by atoms with E-state index in [-0.39, 0.29) is 28.7 Å². The molecule has 0 aliphatic carbocycles. The monoisotopic (exact) mass is 370 g/mol. The Balaban J connectivity index is 2.41. The van der Waals surface area contributed by atoms with Crippen LogP contribution >= 0.6 is 0 Å². The van der Waals surface area contributed by atoms with Gasteiger partial charge in [0, 0.05) is 31.7 Å². The van der Waals surface area contributed by atoms with Gasteiger partial charge in [0.05, 0.1) is 13.2 Å². The van der Waals surface area contributed by atoms with Crippen molar-refractivity contribution in [3.8, 4) is 5.75 Å². The summed E-state index contributed by atoms with van der Waals surface area (Å²) in [4.78, 5) is 14.2. The van der Waals surface area contributed by atoms with Crippen LogP contribution in [0.2, 0.25) is 0 Å². The molecule has 1 aliphatic heterocycles. The minimum Gasteiger partial charge on any atom is -0.495 e. The van der Waals surface area contributed by atoms with E-state index in [2.05, 4.69) is 0 Å². The molecule has 0 radical (unpaired) electrons. The first-order chi connectivity index (χ1) is 11.8. The molecule has 140 valence electrons. The fourth-order valence-corrected chi connectivity index (χ4v) is 4.68. The van der Waals surface area contributed by atoms with E-state index in [1.54, 1.807) is 24.8 Å². The molecule has 25 heavy (non-hydrogen) atoms. The van der Waals surface area contributed by atoms with E-state index in [0.717, 1.165) is 6.42 Å². The van der Waals surface area contributed by atoms with Crippen LogP contribution in [0.5, 0.6) is 5.75 Å². The lowest BCUT2D eigenvalue weighted by Crippen LogP contribution is -2.42. The number of carbonyl (C=O) groups is 1. The lowest BCUT2D eigenvalue weighted by atomic mass is 10.1. The van der Waals surface area contributed by atoms with Crippen LogP contribution in [0.3, 0.4) is 0 Å². The molecule has 1 amide bonds. The lowest BCUT2D eigenvalue weighted by Gasteiger charge is -2.30. The summed E-state index contributed by atoms with van der Waals surface area (Å²) in [6, 6.07) is 4.43. The molecule has 1 N–H and O–H groups in total. The molecule has 1 aliphatic rings. The van der Waals surface area contributed by atoms with Crippen LogP contribution in [0.15, 0.2) is 23.1 Å². The van der Waals surface area contributed by atoms with Crippen molar-refractivity contribution >= 4 is 15.9 Å². The highest BCUT2D eigenvalue weighted by Crippen LogP contribution is 2.28. The van der Waals surface area contributed by atoms with Gasteiger partial charge >= 0.3 is 0 Å². The number of piperidine rings is 1. The van der Waals surface area contributed by atoms with Crippen molar-refractivity contribution in [1.29, 1.82) is 0 Å². The predicted octanol–water partition coefficient (Wildman–Crippen LogP) is 1.32. The van der Waals surface area contributed by atoms with Gasteiger partial charge in [0.1, 0.15) is 10.6 Å². The number of methoxy groups -OCH3 is 1. The van der Waals surface area contributed by atoms with Crippen molar-refractivity contribution in [2.24, 2.45) is 0 Å². The zero-order valence-corrected chi connectivity index (χ0v) is 15.8. The molecule has 1 atom stereocenters. The minimum absolute atomic E-state index is 0.0119. The molecule has 1 aromatic carbocycles. The number of nitrogens with zero attached hydrogens (tertiary/aromatic N) is 2. The van der Waals surface area contributed by atoms with Crippen LogP contribution in [0.4, 0.5) is 0 Å². The van der Waals surface area contributed by atoms with Gasteiger partial charge in [-0.1, -0.05) is 13.8 Å². The van der Waals surface area contributed by atoms with Gasteiger partial charge in [-0.05, 0) is 31.0 Å². The van der Waals surface area contributed by atoms with E-state index in [4.69, 9.17) is 4.74 Å². The number of β-amino-alcohol motifs (C(OH)–C–C–N with tert-alkyl or cyclic N) is 1. The second-order valence-corrected chi connectivity index (χ2v) is 7.91. The van der Waals surface area contributed by atoms with Crippen molar-refractivity contribution in [1.82, 2.24) is 9.21 Å². The number of hydrogen-bond donors (Lipinski definition) is 1. The molecular weight excluding hydrogens is 344 g/mol.